The van der Waals surface area contributed by atoms with E-state index in [9.17, 15) is 19.3 Å². The molecule has 2 fully saturated rings. The summed E-state index contributed by atoms with van der Waals surface area (Å²) in [4.78, 5) is 22.3. The van der Waals surface area contributed by atoms with Crippen LogP contribution in [0.25, 0.3) is 0 Å². The number of amides is 1. The zero-order chi connectivity index (χ0) is 15.0. The molecule has 7 heteroatoms. The van der Waals surface area contributed by atoms with Gasteiger partial charge in [0.1, 0.15) is 5.82 Å². The summed E-state index contributed by atoms with van der Waals surface area (Å²) in [5.41, 5.74) is -0.252. The van der Waals surface area contributed by atoms with Crippen LogP contribution < -0.4 is 10.6 Å². The molecule has 0 radical (unpaired) electrons. The van der Waals surface area contributed by atoms with Crippen molar-refractivity contribution < 1.29 is 14.1 Å². The number of nitrogens with one attached hydrogen (secondary N) is 2. The standard InChI is InChI=1S/C14H16FN3O3/c15-9-4-10(6-11(5-9)18(20)21)17-14(19)13-12-3-1-2-8(12)7-16-13/h4-6,8,12-13,16H,1-3,7H2,(H,17,19). The number of hydrogen-bond acceptors (Lipinski definition) is 4. The van der Waals surface area contributed by atoms with E-state index in [2.05, 4.69) is 10.6 Å². The van der Waals surface area contributed by atoms with E-state index < -0.39 is 10.7 Å². The topological polar surface area (TPSA) is 84.3 Å². The highest BCUT2D eigenvalue weighted by Gasteiger charge is 2.42. The Morgan fingerprint density at radius 1 is 1.38 bits per heavy atom. The Morgan fingerprint density at radius 2 is 2.19 bits per heavy atom. The summed E-state index contributed by atoms with van der Waals surface area (Å²) in [5, 5.41) is 16.5. The smallest absolute Gasteiger partial charge is 0.274 e. The molecule has 1 saturated carbocycles. The Bertz CT molecular complexity index is 593. The summed E-state index contributed by atoms with van der Waals surface area (Å²) in [6.07, 6.45) is 3.28. The number of halogens is 1. The number of hydrogen-bond donors (Lipinski definition) is 2. The molecule has 1 saturated heterocycles. The van der Waals surface area contributed by atoms with Gasteiger partial charge in [0.05, 0.1) is 22.7 Å². The fraction of sp³-hybridized carbons (Fsp3) is 0.500. The van der Waals surface area contributed by atoms with E-state index >= 15 is 0 Å². The summed E-state index contributed by atoms with van der Waals surface area (Å²) in [7, 11) is 0. The van der Waals surface area contributed by atoms with Gasteiger partial charge < -0.3 is 10.6 Å². The lowest BCUT2D eigenvalue weighted by Gasteiger charge is -2.17. The van der Waals surface area contributed by atoms with Crippen LogP contribution in [0.1, 0.15) is 19.3 Å². The SMILES string of the molecule is O=C(Nc1cc(F)cc([N+](=O)[O-])c1)C1NCC2CCCC21. The number of nitrogens with zero attached hydrogens (tertiary/aromatic N) is 1. The lowest BCUT2D eigenvalue weighted by molar-refractivity contribution is -0.385. The van der Waals surface area contributed by atoms with Crippen LogP contribution >= 0.6 is 0 Å². The van der Waals surface area contributed by atoms with E-state index in [1.807, 2.05) is 0 Å². The lowest BCUT2D eigenvalue weighted by atomic mass is 9.93. The third-order valence-corrected chi connectivity index (χ3v) is 4.39. The highest BCUT2D eigenvalue weighted by atomic mass is 19.1. The first-order valence-corrected chi connectivity index (χ1v) is 7.04. The van der Waals surface area contributed by atoms with Crippen LogP contribution in [0.4, 0.5) is 15.8 Å². The summed E-state index contributed by atoms with van der Waals surface area (Å²) in [6.45, 7) is 0.825. The first-order valence-electron chi connectivity index (χ1n) is 7.04. The highest BCUT2D eigenvalue weighted by Crippen LogP contribution is 2.38. The molecule has 3 unspecified atom stereocenters. The predicted molar refractivity (Wildman–Crippen MR) is 74.3 cm³/mol. The number of non-ortho nitro benzene ring substituents is 1. The number of carbonyl (C=O) groups is 1. The van der Waals surface area contributed by atoms with Gasteiger partial charge in [0.15, 0.2) is 0 Å². The van der Waals surface area contributed by atoms with Crippen molar-refractivity contribution in [2.45, 2.75) is 25.3 Å². The van der Waals surface area contributed by atoms with E-state index in [1.165, 1.54) is 6.07 Å². The van der Waals surface area contributed by atoms with E-state index in [-0.39, 0.29) is 23.3 Å². The van der Waals surface area contributed by atoms with E-state index in [4.69, 9.17) is 0 Å². The maximum Gasteiger partial charge on any atom is 0.274 e. The summed E-state index contributed by atoms with van der Waals surface area (Å²) in [6, 6.07) is 2.80. The van der Waals surface area contributed by atoms with Crippen LogP contribution in [-0.4, -0.2) is 23.4 Å². The first-order chi connectivity index (χ1) is 10.0. The van der Waals surface area contributed by atoms with Gasteiger partial charge in [-0.25, -0.2) is 4.39 Å². The van der Waals surface area contributed by atoms with Gasteiger partial charge in [0.2, 0.25) is 5.91 Å². The monoisotopic (exact) mass is 293 g/mol. The molecule has 6 nitrogen and oxygen atoms in total. The van der Waals surface area contributed by atoms with Crippen LogP contribution in [0.3, 0.4) is 0 Å². The molecule has 1 aromatic carbocycles. The van der Waals surface area contributed by atoms with Crippen molar-refractivity contribution in [2.75, 3.05) is 11.9 Å². The molecular formula is C14H16FN3O3. The fourth-order valence-corrected chi connectivity index (χ4v) is 3.45. The van der Waals surface area contributed by atoms with E-state index in [0.717, 1.165) is 37.9 Å². The van der Waals surface area contributed by atoms with Gasteiger partial charge in [0.25, 0.3) is 5.69 Å². The molecule has 112 valence electrons. The van der Waals surface area contributed by atoms with Crippen LogP contribution in [-0.2, 0) is 4.79 Å². The molecular weight excluding hydrogens is 277 g/mol. The van der Waals surface area contributed by atoms with Crippen LogP contribution in [0, 0.1) is 27.8 Å². The molecule has 0 spiro atoms. The molecule has 2 aliphatic rings. The Balaban J connectivity index is 1.74. The minimum absolute atomic E-state index is 0.120. The molecule has 2 N–H and O–H groups in total. The van der Waals surface area contributed by atoms with Gasteiger partial charge in [-0.3, -0.25) is 14.9 Å². The number of fused-ring (bicyclic) bond motifs is 1. The van der Waals surface area contributed by atoms with Crippen molar-refractivity contribution in [3.8, 4) is 0 Å². The third kappa shape index (κ3) is 2.73. The molecule has 3 rings (SSSR count). The molecule has 21 heavy (non-hydrogen) atoms. The summed E-state index contributed by atoms with van der Waals surface area (Å²) < 4.78 is 13.4. The van der Waals surface area contributed by atoms with E-state index in [0.29, 0.717) is 11.8 Å². The second-order valence-electron chi connectivity index (χ2n) is 5.69. The first kappa shape index (κ1) is 13.9. The third-order valence-electron chi connectivity index (χ3n) is 4.39. The van der Waals surface area contributed by atoms with E-state index in [1.54, 1.807) is 0 Å². The quantitative estimate of drug-likeness (QED) is 0.660. The largest absolute Gasteiger partial charge is 0.324 e. The second-order valence-corrected chi connectivity index (χ2v) is 5.69. The molecule has 1 aliphatic heterocycles. The minimum Gasteiger partial charge on any atom is -0.324 e. The Labute approximate surface area is 120 Å². The number of rotatable bonds is 3. The molecule has 0 bridgehead atoms. The number of nitro benzene ring substituents is 1. The lowest BCUT2D eigenvalue weighted by Crippen LogP contribution is -2.39. The van der Waals surface area contributed by atoms with Gasteiger partial charge in [-0.2, -0.15) is 0 Å². The molecule has 0 aromatic heterocycles. The van der Waals surface area contributed by atoms with Crippen molar-refractivity contribution in [1.29, 1.82) is 0 Å². The molecule has 1 heterocycles. The number of benzene rings is 1. The second kappa shape index (κ2) is 5.40. The van der Waals surface area contributed by atoms with Crippen molar-refractivity contribution in [3.05, 3.63) is 34.1 Å². The summed E-state index contributed by atoms with van der Waals surface area (Å²) >= 11 is 0. The Hall–Kier alpha value is -2.02. The number of anilines is 1. The van der Waals surface area contributed by atoms with Gasteiger partial charge in [-0.15, -0.1) is 0 Å². The molecule has 3 atom stereocenters. The maximum atomic E-state index is 13.4. The minimum atomic E-state index is -0.738. The number of carbonyl (C=O) groups excluding carboxylic acids is 1. The molecule has 1 aromatic rings. The van der Waals surface area contributed by atoms with Crippen molar-refractivity contribution in [1.82, 2.24) is 5.32 Å². The van der Waals surface area contributed by atoms with Crippen LogP contribution in [0.2, 0.25) is 0 Å². The molecule has 1 aliphatic carbocycles. The number of nitro groups is 1. The predicted octanol–water partition coefficient (Wildman–Crippen LogP) is 2.06. The fourth-order valence-electron chi connectivity index (χ4n) is 3.45. The van der Waals surface area contributed by atoms with Gasteiger partial charge >= 0.3 is 0 Å². The van der Waals surface area contributed by atoms with Crippen molar-refractivity contribution in [2.24, 2.45) is 11.8 Å². The summed E-state index contributed by atoms with van der Waals surface area (Å²) in [5.74, 6) is -0.141. The highest BCUT2D eigenvalue weighted by molar-refractivity contribution is 5.95. The van der Waals surface area contributed by atoms with Crippen molar-refractivity contribution >= 4 is 17.3 Å². The van der Waals surface area contributed by atoms with Crippen LogP contribution in [0.5, 0.6) is 0 Å². The Kier molecular flexibility index (Phi) is 3.59. The zero-order valence-corrected chi connectivity index (χ0v) is 11.3. The van der Waals surface area contributed by atoms with Crippen LogP contribution in [0.15, 0.2) is 18.2 Å². The maximum absolute atomic E-state index is 13.4. The van der Waals surface area contributed by atoms with Crippen molar-refractivity contribution in [3.63, 3.8) is 0 Å². The average Bonchev–Trinajstić information content (AvgIpc) is 2.99. The zero-order valence-electron chi connectivity index (χ0n) is 11.3. The van der Waals surface area contributed by atoms with Gasteiger partial charge in [0, 0.05) is 6.07 Å². The van der Waals surface area contributed by atoms with Gasteiger partial charge in [-0.05, 0) is 37.3 Å². The normalized spacial score (nSPS) is 27.4. The Morgan fingerprint density at radius 3 is 2.95 bits per heavy atom. The average molecular weight is 293 g/mol. The van der Waals surface area contributed by atoms with Gasteiger partial charge in [-0.1, -0.05) is 6.42 Å². The molecule has 1 amide bonds.